The van der Waals surface area contributed by atoms with Gasteiger partial charge >= 0.3 is 0 Å². The highest BCUT2D eigenvalue weighted by molar-refractivity contribution is 5.92. The van der Waals surface area contributed by atoms with Crippen molar-refractivity contribution in [2.45, 2.75) is 31.7 Å². The van der Waals surface area contributed by atoms with Crippen LogP contribution in [0, 0.1) is 0 Å². The van der Waals surface area contributed by atoms with E-state index in [1.165, 1.54) is 0 Å². The maximum Gasteiger partial charge on any atom is 0.230 e. The topological polar surface area (TPSA) is 95.4 Å². The molecular formula is C17H15N7O. The first kappa shape index (κ1) is 14.2. The average Bonchev–Trinajstić information content (AvgIpc) is 3.28. The van der Waals surface area contributed by atoms with Crippen molar-refractivity contribution in [2.75, 3.05) is 0 Å². The molecule has 0 saturated carbocycles. The molecule has 0 N–H and O–H groups in total. The highest BCUT2D eigenvalue weighted by atomic mass is 16.5. The van der Waals surface area contributed by atoms with Gasteiger partial charge in [-0.15, -0.1) is 5.10 Å². The Hall–Kier alpha value is -3.16. The van der Waals surface area contributed by atoms with E-state index in [0.29, 0.717) is 11.7 Å². The van der Waals surface area contributed by atoms with Gasteiger partial charge in [0.05, 0.1) is 0 Å². The van der Waals surface area contributed by atoms with Gasteiger partial charge in [-0.1, -0.05) is 29.4 Å². The number of tetrazole rings is 1. The molecule has 1 atom stereocenters. The molecule has 3 aromatic heterocycles. The lowest BCUT2D eigenvalue weighted by atomic mass is 10.0. The van der Waals surface area contributed by atoms with E-state index in [0.717, 1.165) is 48.1 Å². The Labute approximate surface area is 142 Å². The van der Waals surface area contributed by atoms with Gasteiger partial charge in [-0.3, -0.25) is 4.98 Å². The van der Waals surface area contributed by atoms with Gasteiger partial charge in [0.1, 0.15) is 5.69 Å². The van der Waals surface area contributed by atoms with E-state index in [4.69, 9.17) is 4.52 Å². The molecule has 4 aromatic rings. The van der Waals surface area contributed by atoms with Gasteiger partial charge < -0.3 is 4.52 Å². The van der Waals surface area contributed by atoms with Crippen LogP contribution in [-0.4, -0.2) is 35.3 Å². The van der Waals surface area contributed by atoms with Crippen LogP contribution in [-0.2, 0) is 13.0 Å². The van der Waals surface area contributed by atoms with Crippen molar-refractivity contribution in [1.82, 2.24) is 35.3 Å². The second-order valence-electron chi connectivity index (χ2n) is 6.18. The molecule has 1 unspecified atom stereocenters. The molecule has 1 aliphatic heterocycles. The molecule has 5 rings (SSSR count). The van der Waals surface area contributed by atoms with Crippen molar-refractivity contribution in [3.8, 4) is 11.5 Å². The predicted molar refractivity (Wildman–Crippen MR) is 88.5 cm³/mol. The van der Waals surface area contributed by atoms with Crippen LogP contribution < -0.4 is 0 Å². The fourth-order valence-electron chi connectivity index (χ4n) is 3.34. The van der Waals surface area contributed by atoms with Crippen LogP contribution >= 0.6 is 0 Å². The first-order valence-corrected chi connectivity index (χ1v) is 8.31. The third-order valence-corrected chi connectivity index (χ3v) is 4.69. The highest BCUT2D eigenvalue weighted by Crippen LogP contribution is 2.30. The van der Waals surface area contributed by atoms with Gasteiger partial charge in [-0.25, -0.2) is 4.68 Å². The van der Waals surface area contributed by atoms with Crippen LogP contribution in [0.5, 0.6) is 0 Å². The minimum absolute atomic E-state index is 0.194. The molecule has 0 aliphatic carbocycles. The van der Waals surface area contributed by atoms with Gasteiger partial charge in [0.2, 0.25) is 11.7 Å². The van der Waals surface area contributed by atoms with Gasteiger partial charge in [0.25, 0.3) is 0 Å². The summed E-state index contributed by atoms with van der Waals surface area (Å²) >= 11 is 0. The van der Waals surface area contributed by atoms with Crippen molar-refractivity contribution in [1.29, 1.82) is 0 Å². The minimum atomic E-state index is 0.194. The number of benzene rings is 1. The van der Waals surface area contributed by atoms with E-state index >= 15 is 0 Å². The molecule has 0 amide bonds. The summed E-state index contributed by atoms with van der Waals surface area (Å²) < 4.78 is 7.42. The summed E-state index contributed by atoms with van der Waals surface area (Å²) in [6.07, 6.45) is 4.35. The number of hydrogen-bond donors (Lipinski definition) is 0. The molecule has 1 aromatic carbocycles. The summed E-state index contributed by atoms with van der Waals surface area (Å²) in [5.74, 6) is 2.30. The molecule has 0 spiro atoms. The third kappa shape index (κ3) is 2.46. The summed E-state index contributed by atoms with van der Waals surface area (Å²) in [7, 11) is 0. The zero-order valence-electron chi connectivity index (χ0n) is 13.4. The molecule has 0 saturated heterocycles. The zero-order valence-corrected chi connectivity index (χ0v) is 13.4. The largest absolute Gasteiger partial charge is 0.339 e. The van der Waals surface area contributed by atoms with Crippen LogP contribution in [0.3, 0.4) is 0 Å². The molecule has 0 bridgehead atoms. The molecule has 0 fully saturated rings. The molecule has 8 heteroatoms. The van der Waals surface area contributed by atoms with Crippen LogP contribution in [0.25, 0.3) is 22.3 Å². The van der Waals surface area contributed by atoms with Crippen molar-refractivity contribution < 1.29 is 4.52 Å². The van der Waals surface area contributed by atoms with Crippen molar-refractivity contribution in [2.24, 2.45) is 0 Å². The Morgan fingerprint density at radius 1 is 1.12 bits per heavy atom. The molecule has 4 heterocycles. The quantitative estimate of drug-likeness (QED) is 0.555. The van der Waals surface area contributed by atoms with Crippen molar-refractivity contribution in [3.63, 3.8) is 0 Å². The molecule has 1 aliphatic rings. The number of hydrogen-bond acceptors (Lipinski definition) is 7. The molecule has 25 heavy (non-hydrogen) atoms. The lowest BCUT2D eigenvalue weighted by Crippen LogP contribution is -2.04. The number of pyridine rings is 1. The molecule has 8 nitrogen and oxygen atoms in total. The van der Waals surface area contributed by atoms with E-state index in [-0.39, 0.29) is 5.92 Å². The van der Waals surface area contributed by atoms with E-state index in [1.807, 2.05) is 28.9 Å². The summed E-state index contributed by atoms with van der Waals surface area (Å²) in [6, 6.07) is 10.0. The SMILES string of the molecule is c1ccc2c(-c3noc(C4CCc5nnnn5CC4)n3)nccc2c1. The number of aryl methyl sites for hydroxylation is 2. The fourth-order valence-corrected chi connectivity index (χ4v) is 3.34. The van der Waals surface area contributed by atoms with Crippen LogP contribution in [0.1, 0.15) is 30.5 Å². The monoisotopic (exact) mass is 333 g/mol. The van der Waals surface area contributed by atoms with Gasteiger partial charge in [0, 0.05) is 30.5 Å². The number of rotatable bonds is 2. The van der Waals surface area contributed by atoms with Gasteiger partial charge in [-0.2, -0.15) is 4.98 Å². The molecule has 124 valence electrons. The Morgan fingerprint density at radius 2 is 2.08 bits per heavy atom. The van der Waals surface area contributed by atoms with E-state index in [9.17, 15) is 0 Å². The molecule has 0 radical (unpaired) electrons. The van der Waals surface area contributed by atoms with Crippen LogP contribution in [0.2, 0.25) is 0 Å². The summed E-state index contributed by atoms with van der Waals surface area (Å²) in [5, 5.41) is 18.1. The number of fused-ring (bicyclic) bond motifs is 2. The van der Waals surface area contributed by atoms with Crippen molar-refractivity contribution >= 4 is 10.8 Å². The minimum Gasteiger partial charge on any atom is -0.339 e. The van der Waals surface area contributed by atoms with Crippen molar-refractivity contribution in [3.05, 3.63) is 48.2 Å². The summed E-state index contributed by atoms with van der Waals surface area (Å²) in [6.45, 7) is 0.761. The normalized spacial score (nSPS) is 17.4. The van der Waals surface area contributed by atoms with Gasteiger partial charge in [-0.05, 0) is 34.7 Å². The van der Waals surface area contributed by atoms with Crippen LogP contribution in [0.15, 0.2) is 41.1 Å². The zero-order chi connectivity index (χ0) is 16.6. The number of nitrogens with zero attached hydrogens (tertiary/aromatic N) is 7. The van der Waals surface area contributed by atoms with Crippen LogP contribution in [0.4, 0.5) is 0 Å². The second kappa shape index (κ2) is 5.73. The maximum atomic E-state index is 5.57. The van der Waals surface area contributed by atoms with E-state index < -0.39 is 0 Å². The lowest BCUT2D eigenvalue weighted by molar-refractivity contribution is 0.337. The Bertz CT molecular complexity index is 1010. The Kier molecular flexibility index (Phi) is 3.26. The standard InChI is InChI=1S/C17H15N7O/c1-2-4-13-11(3-1)7-9-18-15(13)16-19-17(25-21-16)12-5-6-14-20-22-23-24(14)10-8-12/h1-4,7,9,12H,5-6,8,10H2. The smallest absolute Gasteiger partial charge is 0.230 e. The second-order valence-corrected chi connectivity index (χ2v) is 6.18. The highest BCUT2D eigenvalue weighted by Gasteiger charge is 2.25. The predicted octanol–water partition coefficient (Wildman–Crippen LogP) is 2.39. The first-order chi connectivity index (χ1) is 12.4. The first-order valence-electron chi connectivity index (χ1n) is 8.31. The fraction of sp³-hybridized carbons (Fsp3) is 0.294. The van der Waals surface area contributed by atoms with E-state index in [1.54, 1.807) is 6.20 Å². The lowest BCUT2D eigenvalue weighted by Gasteiger charge is -2.06. The Morgan fingerprint density at radius 3 is 3.08 bits per heavy atom. The summed E-state index contributed by atoms with van der Waals surface area (Å²) in [4.78, 5) is 9.10. The number of aromatic nitrogens is 7. The van der Waals surface area contributed by atoms with Gasteiger partial charge in [0.15, 0.2) is 5.82 Å². The average molecular weight is 333 g/mol. The maximum absolute atomic E-state index is 5.57. The Balaban J connectivity index is 1.46. The van der Waals surface area contributed by atoms with E-state index in [2.05, 4.69) is 36.7 Å². The summed E-state index contributed by atoms with van der Waals surface area (Å²) in [5.41, 5.74) is 0.750. The molecular weight excluding hydrogens is 318 g/mol. The third-order valence-electron chi connectivity index (χ3n) is 4.69.